The van der Waals surface area contributed by atoms with E-state index >= 15 is 0 Å². The van der Waals surface area contributed by atoms with Gasteiger partial charge in [-0.1, -0.05) is 25.6 Å². The molecule has 0 saturated heterocycles. The minimum atomic E-state index is -0.687. The van der Waals surface area contributed by atoms with Crippen molar-refractivity contribution in [1.29, 1.82) is 0 Å². The summed E-state index contributed by atoms with van der Waals surface area (Å²) in [5, 5.41) is 0. The number of halogens is 2. The Morgan fingerprint density at radius 3 is 2.33 bits per heavy atom. The van der Waals surface area contributed by atoms with Crippen LogP contribution in [0.4, 0.5) is 8.78 Å². The second-order valence-electron chi connectivity index (χ2n) is 4.95. The summed E-state index contributed by atoms with van der Waals surface area (Å²) in [5.41, 5.74) is 0.932. The summed E-state index contributed by atoms with van der Waals surface area (Å²) < 4.78 is 27.3. The first-order chi connectivity index (χ1) is 8.13. The average molecular weight is 254 g/mol. The molecule has 2 rings (SSSR count). The van der Waals surface area contributed by atoms with Crippen molar-refractivity contribution in [3.8, 4) is 0 Å². The molecule has 0 unspecified atom stereocenters. The highest BCUT2D eigenvalue weighted by Gasteiger charge is 2.24. The van der Waals surface area contributed by atoms with Crippen LogP contribution in [-0.2, 0) is 0 Å². The fourth-order valence-electron chi connectivity index (χ4n) is 2.64. The van der Waals surface area contributed by atoms with Gasteiger partial charge in [0.1, 0.15) is 0 Å². The number of aryl methyl sites for hydroxylation is 1. The molecule has 2 heteroatoms. The van der Waals surface area contributed by atoms with Crippen molar-refractivity contribution < 1.29 is 10.2 Å². The molecule has 0 radical (unpaired) electrons. The van der Waals surface area contributed by atoms with E-state index in [2.05, 4.69) is 6.58 Å². The van der Waals surface area contributed by atoms with Crippen molar-refractivity contribution in [1.82, 2.24) is 0 Å². The Hall–Kier alpha value is -1.18. The van der Waals surface area contributed by atoms with Gasteiger partial charge in [-0.25, -0.2) is 8.78 Å². The van der Waals surface area contributed by atoms with Crippen molar-refractivity contribution in [3.05, 3.63) is 47.5 Å². The zero-order valence-electron chi connectivity index (χ0n) is 10.2. The van der Waals surface area contributed by atoms with E-state index in [1.54, 1.807) is 19.1 Å². The van der Waals surface area contributed by atoms with Crippen LogP contribution >= 0.6 is 0 Å². The third-order valence-corrected chi connectivity index (χ3v) is 3.85. The monoisotopic (exact) mass is 254 g/mol. The Morgan fingerprint density at radius 2 is 1.78 bits per heavy atom. The van der Waals surface area contributed by atoms with Crippen molar-refractivity contribution >= 4 is 0 Å². The first kappa shape index (κ1) is 14.9. The fraction of sp³-hybridized carbons (Fsp3) is 0.500. The number of rotatable bonds is 2. The van der Waals surface area contributed by atoms with E-state index in [4.69, 9.17) is 0 Å². The summed E-state index contributed by atoms with van der Waals surface area (Å²) in [4.78, 5) is 0. The Labute approximate surface area is 110 Å². The van der Waals surface area contributed by atoms with E-state index in [0.717, 1.165) is 25.7 Å². The van der Waals surface area contributed by atoms with Gasteiger partial charge in [-0.15, -0.1) is 6.58 Å². The van der Waals surface area contributed by atoms with Crippen LogP contribution in [0.25, 0.3) is 0 Å². The molecule has 1 aromatic carbocycles. The highest BCUT2D eigenvalue weighted by molar-refractivity contribution is 5.28. The molecule has 0 amide bonds. The largest absolute Gasteiger partial charge is 0.203 e. The zero-order valence-corrected chi connectivity index (χ0v) is 10.2. The summed E-state index contributed by atoms with van der Waals surface area (Å²) in [6, 6.07) is 3.42. The number of allylic oxidation sites excluding steroid dienone is 1. The van der Waals surface area contributed by atoms with Crippen molar-refractivity contribution in [3.63, 3.8) is 0 Å². The lowest BCUT2D eigenvalue weighted by Gasteiger charge is -2.27. The maximum atomic E-state index is 13.8. The molecular weight excluding hydrogens is 230 g/mol. The standard InChI is InChI=1S/C15H18F2.CH4.H2/c1-3-11-5-7-12(8-6-11)13-9-4-10(2)14(16)15(13)17;;/h3-4,9,11-12H,1,5-8H2,2H3;1H4;1H. The SMILES string of the molecule is C.C=CC1CCC(c2ccc(C)c(F)c2F)CC1.[HH]. The maximum absolute atomic E-state index is 13.8. The average Bonchev–Trinajstić information content (AvgIpc) is 2.36. The molecule has 1 aliphatic rings. The van der Waals surface area contributed by atoms with Gasteiger partial charge in [0.05, 0.1) is 0 Å². The van der Waals surface area contributed by atoms with E-state index in [1.807, 2.05) is 6.08 Å². The number of hydrogen-bond donors (Lipinski definition) is 0. The molecule has 0 N–H and O–H groups in total. The van der Waals surface area contributed by atoms with Gasteiger partial charge in [0.15, 0.2) is 11.6 Å². The fourth-order valence-corrected chi connectivity index (χ4v) is 2.64. The lowest BCUT2D eigenvalue weighted by molar-refractivity contribution is 0.364. The lowest BCUT2D eigenvalue weighted by Crippen LogP contribution is -2.13. The summed E-state index contributed by atoms with van der Waals surface area (Å²) >= 11 is 0. The lowest BCUT2D eigenvalue weighted by atomic mass is 9.78. The van der Waals surface area contributed by atoms with Gasteiger partial charge in [0.25, 0.3) is 0 Å². The van der Waals surface area contributed by atoms with Crippen molar-refractivity contribution in [2.75, 3.05) is 0 Å². The summed E-state index contributed by atoms with van der Waals surface area (Å²) in [5.74, 6) is -0.619. The zero-order chi connectivity index (χ0) is 12.4. The summed E-state index contributed by atoms with van der Waals surface area (Å²) in [6.45, 7) is 5.39. The molecule has 18 heavy (non-hydrogen) atoms. The van der Waals surface area contributed by atoms with E-state index in [9.17, 15) is 8.78 Å². The smallest absolute Gasteiger partial charge is 0.162 e. The van der Waals surface area contributed by atoms with Gasteiger partial charge in [-0.3, -0.25) is 0 Å². The van der Waals surface area contributed by atoms with Crippen molar-refractivity contribution in [2.24, 2.45) is 5.92 Å². The molecule has 1 fully saturated rings. The van der Waals surface area contributed by atoms with Crippen LogP contribution in [0.5, 0.6) is 0 Å². The molecule has 0 atom stereocenters. The molecule has 0 aromatic heterocycles. The minimum Gasteiger partial charge on any atom is -0.203 e. The van der Waals surface area contributed by atoms with Gasteiger partial charge in [-0.2, -0.15) is 0 Å². The molecule has 102 valence electrons. The maximum Gasteiger partial charge on any atom is 0.162 e. The van der Waals surface area contributed by atoms with Crippen LogP contribution in [0.1, 0.15) is 51.6 Å². The first-order valence-corrected chi connectivity index (χ1v) is 6.20. The van der Waals surface area contributed by atoms with Gasteiger partial charge < -0.3 is 0 Å². The predicted molar refractivity (Wildman–Crippen MR) is 74.8 cm³/mol. The molecule has 0 nitrogen and oxygen atoms in total. The molecule has 0 aliphatic heterocycles. The Kier molecular flexibility index (Phi) is 5.06. The van der Waals surface area contributed by atoms with Crippen LogP contribution in [0, 0.1) is 24.5 Å². The first-order valence-electron chi connectivity index (χ1n) is 6.20. The van der Waals surface area contributed by atoms with Crippen LogP contribution < -0.4 is 0 Å². The third kappa shape index (κ3) is 2.80. The summed E-state index contributed by atoms with van der Waals surface area (Å²) in [6.07, 6.45) is 5.89. The van der Waals surface area contributed by atoms with E-state index in [0.29, 0.717) is 17.0 Å². The predicted octanol–water partition coefficient (Wildman–Crippen LogP) is 5.62. The van der Waals surface area contributed by atoms with Gasteiger partial charge >= 0.3 is 0 Å². The Bertz CT molecular complexity index is 421. The molecule has 1 saturated carbocycles. The van der Waals surface area contributed by atoms with E-state index in [1.165, 1.54) is 0 Å². The second kappa shape index (κ2) is 6.12. The topological polar surface area (TPSA) is 0 Å². The highest BCUT2D eigenvalue weighted by atomic mass is 19.2. The Balaban J connectivity index is 0.00000162. The van der Waals surface area contributed by atoms with Crippen LogP contribution in [0.15, 0.2) is 24.8 Å². The second-order valence-corrected chi connectivity index (χ2v) is 4.95. The molecule has 0 spiro atoms. The van der Waals surface area contributed by atoms with Crippen LogP contribution in [0.3, 0.4) is 0 Å². The van der Waals surface area contributed by atoms with Gasteiger partial charge in [0.2, 0.25) is 0 Å². The van der Waals surface area contributed by atoms with Gasteiger partial charge in [-0.05, 0) is 55.6 Å². The quantitative estimate of drug-likeness (QED) is 0.601. The summed E-state index contributed by atoms with van der Waals surface area (Å²) in [7, 11) is 0. The highest BCUT2D eigenvalue weighted by Crippen LogP contribution is 2.37. The molecule has 1 aliphatic carbocycles. The molecular formula is C16H24F2. The van der Waals surface area contributed by atoms with Crippen LogP contribution in [0.2, 0.25) is 0 Å². The van der Waals surface area contributed by atoms with E-state index < -0.39 is 11.6 Å². The molecule has 0 bridgehead atoms. The van der Waals surface area contributed by atoms with Crippen molar-refractivity contribution in [2.45, 2.75) is 46.0 Å². The minimum absolute atomic E-state index is 0. The van der Waals surface area contributed by atoms with E-state index in [-0.39, 0.29) is 14.8 Å². The third-order valence-electron chi connectivity index (χ3n) is 3.85. The Morgan fingerprint density at radius 1 is 1.17 bits per heavy atom. The van der Waals surface area contributed by atoms with Crippen LogP contribution in [-0.4, -0.2) is 0 Å². The number of benzene rings is 1. The number of hydrogen-bond acceptors (Lipinski definition) is 0. The molecule has 1 aromatic rings. The normalized spacial score (nSPS) is 23.3. The van der Waals surface area contributed by atoms with Gasteiger partial charge in [0, 0.05) is 1.43 Å². The molecule has 0 heterocycles.